The number of hydrogen-bond donors (Lipinski definition) is 0. The van der Waals surface area contributed by atoms with Gasteiger partial charge in [-0.1, -0.05) is 18.2 Å². The molecule has 0 atom stereocenters. The Bertz CT molecular complexity index is 412. The van der Waals surface area contributed by atoms with E-state index in [0.717, 1.165) is 5.75 Å². The Kier molecular flexibility index (Phi) is 2.45. The van der Waals surface area contributed by atoms with E-state index in [4.69, 9.17) is 4.84 Å². The smallest absolute Gasteiger partial charge is 0.223 e. The van der Waals surface area contributed by atoms with E-state index in [1.807, 2.05) is 61.8 Å². The third kappa shape index (κ3) is 2.10. The van der Waals surface area contributed by atoms with Crippen LogP contribution in [0.5, 0.6) is 5.75 Å². The summed E-state index contributed by atoms with van der Waals surface area (Å²) in [7, 11) is 0. The van der Waals surface area contributed by atoms with Crippen molar-refractivity contribution in [2.75, 3.05) is 0 Å². The second-order valence-corrected chi connectivity index (χ2v) is 3.14. The summed E-state index contributed by atoms with van der Waals surface area (Å²) < 4.78 is 1.68. The van der Waals surface area contributed by atoms with Gasteiger partial charge in [0.05, 0.1) is 0 Å². The minimum absolute atomic E-state index is 0.848. The predicted molar refractivity (Wildman–Crippen MR) is 53.8 cm³/mol. The van der Waals surface area contributed by atoms with Gasteiger partial charge in [-0.2, -0.15) is 0 Å². The highest BCUT2D eigenvalue weighted by molar-refractivity contribution is 5.26. The first-order valence-electron chi connectivity index (χ1n) is 4.56. The summed E-state index contributed by atoms with van der Waals surface area (Å²) in [5.41, 5.74) is 1.19. The van der Waals surface area contributed by atoms with E-state index in [9.17, 15) is 0 Å². The van der Waals surface area contributed by atoms with Gasteiger partial charge in [0.2, 0.25) is 18.1 Å². The molecule has 0 aliphatic heterocycles. The van der Waals surface area contributed by atoms with Crippen LogP contribution in [0.1, 0.15) is 5.56 Å². The molecule has 2 nitrogen and oxygen atoms in total. The average Bonchev–Trinajstić information content (AvgIpc) is 2.19. The molecule has 0 N–H and O–H groups in total. The molecule has 0 unspecified atom stereocenters. The van der Waals surface area contributed by atoms with Crippen LogP contribution in [0.2, 0.25) is 0 Å². The fourth-order valence-corrected chi connectivity index (χ4v) is 1.24. The van der Waals surface area contributed by atoms with Gasteiger partial charge < -0.3 is 0 Å². The van der Waals surface area contributed by atoms with Crippen molar-refractivity contribution >= 4 is 0 Å². The van der Waals surface area contributed by atoms with Gasteiger partial charge in [0.15, 0.2) is 0 Å². The highest BCUT2D eigenvalue weighted by Crippen LogP contribution is 2.10. The van der Waals surface area contributed by atoms with Crippen molar-refractivity contribution in [2.45, 2.75) is 6.92 Å². The number of nitrogens with zero attached hydrogens (tertiary/aromatic N) is 1. The molecule has 1 heterocycles. The second kappa shape index (κ2) is 3.92. The third-order valence-corrected chi connectivity index (χ3v) is 1.89. The van der Waals surface area contributed by atoms with Gasteiger partial charge in [0.1, 0.15) is 0 Å². The lowest BCUT2D eigenvalue weighted by Gasteiger charge is -1.97. The Morgan fingerprint density at radius 3 is 2.50 bits per heavy atom. The van der Waals surface area contributed by atoms with Crippen LogP contribution in [0.4, 0.5) is 0 Å². The zero-order valence-electron chi connectivity index (χ0n) is 8.05. The highest BCUT2D eigenvalue weighted by Gasteiger charge is 2.01. The van der Waals surface area contributed by atoms with E-state index in [1.165, 1.54) is 5.56 Å². The first kappa shape index (κ1) is 8.75. The minimum atomic E-state index is 0.848. The van der Waals surface area contributed by atoms with E-state index in [2.05, 4.69) is 0 Å². The maximum atomic E-state index is 5.58. The molecule has 2 aromatic rings. The van der Waals surface area contributed by atoms with Crippen molar-refractivity contribution in [1.82, 2.24) is 0 Å². The van der Waals surface area contributed by atoms with Crippen LogP contribution >= 0.6 is 0 Å². The largest absolute Gasteiger partial charge is 0.232 e. The lowest BCUT2D eigenvalue weighted by atomic mass is 10.2. The molecule has 70 valence electrons. The van der Waals surface area contributed by atoms with E-state index in [1.54, 1.807) is 4.73 Å². The molecule has 0 radical (unpaired) electrons. The summed E-state index contributed by atoms with van der Waals surface area (Å²) in [5, 5.41) is 0. The van der Waals surface area contributed by atoms with Gasteiger partial charge in [-0.05, 0) is 24.6 Å². The summed E-state index contributed by atoms with van der Waals surface area (Å²) in [4.78, 5) is 5.58. The van der Waals surface area contributed by atoms with Gasteiger partial charge in [-0.25, -0.2) is 4.84 Å². The second-order valence-electron chi connectivity index (χ2n) is 3.14. The summed E-state index contributed by atoms with van der Waals surface area (Å²) in [6.07, 6.45) is 3.73. The molecule has 0 aliphatic carbocycles. The Hall–Kier alpha value is -1.83. The molecule has 2 rings (SSSR count). The molecule has 1 aromatic carbocycles. The standard InChI is InChI=1S/C12H12NO/c1-11-6-5-7-12(10-11)14-13-8-3-2-4-9-13/h2-10H,1H3/q+1. The Morgan fingerprint density at radius 2 is 1.79 bits per heavy atom. The van der Waals surface area contributed by atoms with Gasteiger partial charge in [-0.3, -0.25) is 0 Å². The Labute approximate surface area is 83.4 Å². The molecule has 2 heteroatoms. The van der Waals surface area contributed by atoms with Gasteiger partial charge in [-0.15, -0.1) is 0 Å². The fraction of sp³-hybridized carbons (Fsp3) is 0.0833. The van der Waals surface area contributed by atoms with Gasteiger partial charge >= 0.3 is 0 Å². The maximum absolute atomic E-state index is 5.58. The van der Waals surface area contributed by atoms with Crippen LogP contribution in [-0.2, 0) is 0 Å². The van der Waals surface area contributed by atoms with Crippen molar-refractivity contribution in [3.8, 4) is 5.75 Å². The molecule has 0 spiro atoms. The monoisotopic (exact) mass is 186 g/mol. The van der Waals surface area contributed by atoms with Crippen molar-refractivity contribution in [1.29, 1.82) is 0 Å². The summed E-state index contributed by atoms with van der Waals surface area (Å²) >= 11 is 0. The zero-order valence-corrected chi connectivity index (χ0v) is 8.05. The Balaban J connectivity index is 2.19. The fourth-order valence-electron chi connectivity index (χ4n) is 1.24. The first-order chi connectivity index (χ1) is 6.84. The molecule has 1 aromatic heterocycles. The molecular formula is C12H12NO+. The van der Waals surface area contributed by atoms with Crippen LogP contribution in [0.3, 0.4) is 0 Å². The zero-order chi connectivity index (χ0) is 9.80. The summed E-state index contributed by atoms with van der Waals surface area (Å²) in [6, 6.07) is 13.8. The van der Waals surface area contributed by atoms with Crippen molar-refractivity contribution in [3.05, 3.63) is 60.4 Å². The lowest BCUT2D eigenvalue weighted by molar-refractivity contribution is -0.875. The molecule has 0 fully saturated rings. The molecule has 0 saturated heterocycles. The highest BCUT2D eigenvalue weighted by atomic mass is 16.7. The number of pyridine rings is 1. The number of rotatable bonds is 2. The Morgan fingerprint density at radius 1 is 1.00 bits per heavy atom. The normalized spacial score (nSPS) is 9.79. The van der Waals surface area contributed by atoms with Crippen LogP contribution < -0.4 is 9.57 Å². The van der Waals surface area contributed by atoms with Crippen molar-refractivity contribution < 1.29 is 9.57 Å². The number of aryl methyl sites for hydroxylation is 1. The molecule has 0 amide bonds. The quantitative estimate of drug-likeness (QED) is 0.655. The maximum Gasteiger partial charge on any atom is 0.223 e. The summed E-state index contributed by atoms with van der Waals surface area (Å²) in [5.74, 6) is 0.848. The van der Waals surface area contributed by atoms with E-state index in [0.29, 0.717) is 0 Å². The predicted octanol–water partition coefficient (Wildman–Crippen LogP) is 2.12. The third-order valence-electron chi connectivity index (χ3n) is 1.89. The molecule has 0 saturated carbocycles. The molecular weight excluding hydrogens is 174 g/mol. The average molecular weight is 186 g/mol. The van der Waals surface area contributed by atoms with Gasteiger partial charge in [0.25, 0.3) is 0 Å². The summed E-state index contributed by atoms with van der Waals surface area (Å²) in [6.45, 7) is 2.04. The molecule has 14 heavy (non-hydrogen) atoms. The van der Waals surface area contributed by atoms with E-state index >= 15 is 0 Å². The van der Waals surface area contributed by atoms with Crippen molar-refractivity contribution in [3.63, 3.8) is 0 Å². The lowest BCUT2D eigenvalue weighted by Crippen LogP contribution is -2.38. The first-order valence-corrected chi connectivity index (χ1v) is 4.56. The van der Waals surface area contributed by atoms with Crippen LogP contribution in [-0.4, -0.2) is 0 Å². The number of benzene rings is 1. The van der Waals surface area contributed by atoms with Crippen molar-refractivity contribution in [2.24, 2.45) is 0 Å². The van der Waals surface area contributed by atoms with Crippen LogP contribution in [0.15, 0.2) is 54.9 Å². The van der Waals surface area contributed by atoms with Crippen LogP contribution in [0, 0.1) is 6.92 Å². The SMILES string of the molecule is Cc1cccc(O[n+]2ccccc2)c1. The van der Waals surface area contributed by atoms with E-state index in [-0.39, 0.29) is 0 Å². The number of aromatic nitrogens is 1. The topological polar surface area (TPSA) is 13.1 Å². The van der Waals surface area contributed by atoms with E-state index < -0.39 is 0 Å². The number of hydrogen-bond acceptors (Lipinski definition) is 1. The minimum Gasteiger partial charge on any atom is -0.232 e. The molecule has 0 bridgehead atoms. The van der Waals surface area contributed by atoms with Crippen LogP contribution in [0.25, 0.3) is 0 Å². The van der Waals surface area contributed by atoms with Gasteiger partial charge in [0, 0.05) is 16.9 Å². The molecule has 0 aliphatic rings.